The first-order valence-electron chi connectivity index (χ1n) is 9.03. The Morgan fingerprint density at radius 2 is 1.82 bits per heavy atom. The Hall–Kier alpha value is -3.35. The standard InChI is InChI=1S/C21H22N2O5/c1-27-20(25)11-14-5-9-18(10-6-14)28-13-19(24)22-17-4-2-3-15(12-17)21(26)23-16-7-8-16/h2-6,9-10,12,16H,7-8,11,13H2,1H3,(H,22,24)(H,23,26). The summed E-state index contributed by atoms with van der Waals surface area (Å²) in [5.74, 6) is -0.275. The predicted octanol–water partition coefficient (Wildman–Crippen LogP) is 2.31. The number of carbonyl (C=O) groups excluding carboxylic acids is 3. The fourth-order valence-electron chi connectivity index (χ4n) is 2.52. The van der Waals surface area contributed by atoms with Crippen LogP contribution in [0.15, 0.2) is 48.5 Å². The molecule has 0 aromatic heterocycles. The van der Waals surface area contributed by atoms with Crippen LogP contribution in [0.2, 0.25) is 0 Å². The summed E-state index contributed by atoms with van der Waals surface area (Å²) in [6, 6.07) is 13.9. The number of anilines is 1. The van der Waals surface area contributed by atoms with Crippen molar-refractivity contribution in [2.45, 2.75) is 25.3 Å². The molecule has 146 valence electrons. The summed E-state index contributed by atoms with van der Waals surface area (Å²) in [4.78, 5) is 35.4. The molecule has 1 fully saturated rings. The molecule has 28 heavy (non-hydrogen) atoms. The maximum atomic E-state index is 12.1. The number of nitrogens with one attached hydrogen (secondary N) is 2. The fourth-order valence-corrected chi connectivity index (χ4v) is 2.52. The molecule has 0 atom stereocenters. The molecule has 2 aromatic rings. The van der Waals surface area contributed by atoms with Crippen molar-refractivity contribution >= 4 is 23.5 Å². The SMILES string of the molecule is COC(=O)Cc1ccc(OCC(=O)Nc2cccc(C(=O)NC3CC3)c2)cc1. The molecule has 1 aliphatic rings. The molecule has 0 bridgehead atoms. The number of methoxy groups -OCH3 is 1. The summed E-state index contributed by atoms with van der Waals surface area (Å²) in [7, 11) is 1.34. The average molecular weight is 382 g/mol. The number of carbonyl (C=O) groups is 3. The maximum absolute atomic E-state index is 12.1. The third-order valence-corrected chi connectivity index (χ3v) is 4.19. The van der Waals surface area contributed by atoms with Gasteiger partial charge in [0.05, 0.1) is 13.5 Å². The molecule has 0 saturated heterocycles. The minimum absolute atomic E-state index is 0.137. The largest absolute Gasteiger partial charge is 0.484 e. The first-order chi connectivity index (χ1) is 13.5. The number of amides is 2. The van der Waals surface area contributed by atoms with Gasteiger partial charge in [-0.15, -0.1) is 0 Å². The summed E-state index contributed by atoms with van der Waals surface area (Å²) in [5.41, 5.74) is 1.84. The number of hydrogen-bond acceptors (Lipinski definition) is 5. The van der Waals surface area contributed by atoms with E-state index < -0.39 is 0 Å². The second-order valence-electron chi connectivity index (χ2n) is 6.56. The van der Waals surface area contributed by atoms with Crippen molar-refractivity contribution in [3.05, 3.63) is 59.7 Å². The second-order valence-corrected chi connectivity index (χ2v) is 6.56. The van der Waals surface area contributed by atoms with Crippen molar-refractivity contribution < 1.29 is 23.9 Å². The molecule has 0 spiro atoms. The molecular formula is C21H22N2O5. The molecular weight excluding hydrogens is 360 g/mol. The van der Waals surface area contributed by atoms with Gasteiger partial charge in [0.25, 0.3) is 11.8 Å². The molecule has 0 unspecified atom stereocenters. The van der Waals surface area contributed by atoms with Gasteiger partial charge >= 0.3 is 5.97 Å². The molecule has 2 aromatic carbocycles. The van der Waals surface area contributed by atoms with Crippen LogP contribution in [0.1, 0.15) is 28.8 Å². The van der Waals surface area contributed by atoms with Crippen LogP contribution < -0.4 is 15.4 Å². The van der Waals surface area contributed by atoms with Gasteiger partial charge in [0.2, 0.25) is 0 Å². The van der Waals surface area contributed by atoms with Gasteiger partial charge in [-0.25, -0.2) is 0 Å². The minimum atomic E-state index is -0.335. The Morgan fingerprint density at radius 3 is 2.50 bits per heavy atom. The van der Waals surface area contributed by atoms with Crippen LogP contribution in [-0.2, 0) is 20.7 Å². The van der Waals surface area contributed by atoms with Crippen molar-refractivity contribution in [2.75, 3.05) is 19.0 Å². The average Bonchev–Trinajstić information content (AvgIpc) is 3.51. The molecule has 7 nitrogen and oxygen atoms in total. The van der Waals surface area contributed by atoms with E-state index in [2.05, 4.69) is 15.4 Å². The van der Waals surface area contributed by atoms with Gasteiger partial charge in [0, 0.05) is 17.3 Å². The molecule has 1 aliphatic carbocycles. The summed E-state index contributed by atoms with van der Waals surface area (Å²) < 4.78 is 10.1. The topological polar surface area (TPSA) is 93.7 Å². The predicted molar refractivity (Wildman–Crippen MR) is 103 cm³/mol. The van der Waals surface area contributed by atoms with E-state index in [0.29, 0.717) is 17.0 Å². The van der Waals surface area contributed by atoms with Crippen molar-refractivity contribution in [3.8, 4) is 5.75 Å². The minimum Gasteiger partial charge on any atom is -0.484 e. The zero-order chi connectivity index (χ0) is 19.9. The molecule has 0 radical (unpaired) electrons. The Bertz CT molecular complexity index is 859. The van der Waals surface area contributed by atoms with Gasteiger partial charge in [-0.1, -0.05) is 18.2 Å². The Morgan fingerprint density at radius 1 is 1.07 bits per heavy atom. The van der Waals surface area contributed by atoms with Gasteiger partial charge < -0.3 is 20.1 Å². The third-order valence-electron chi connectivity index (χ3n) is 4.19. The maximum Gasteiger partial charge on any atom is 0.309 e. The molecule has 1 saturated carbocycles. The molecule has 3 rings (SSSR count). The lowest BCUT2D eigenvalue weighted by atomic mass is 10.1. The van der Waals surface area contributed by atoms with E-state index in [1.54, 1.807) is 48.5 Å². The highest BCUT2D eigenvalue weighted by atomic mass is 16.5. The van der Waals surface area contributed by atoms with Crippen molar-refractivity contribution in [2.24, 2.45) is 0 Å². The third kappa shape index (κ3) is 5.84. The molecule has 7 heteroatoms. The fraction of sp³-hybridized carbons (Fsp3) is 0.286. The first kappa shape index (κ1) is 19.4. The molecule has 2 amide bonds. The molecule has 0 heterocycles. The van der Waals surface area contributed by atoms with Crippen LogP contribution >= 0.6 is 0 Å². The smallest absolute Gasteiger partial charge is 0.309 e. The monoisotopic (exact) mass is 382 g/mol. The van der Waals surface area contributed by atoms with Gasteiger partial charge in [-0.05, 0) is 48.7 Å². The van der Waals surface area contributed by atoms with Crippen LogP contribution in [-0.4, -0.2) is 37.5 Å². The Labute approximate surface area is 163 Å². The van der Waals surface area contributed by atoms with E-state index in [9.17, 15) is 14.4 Å². The second kappa shape index (κ2) is 9.03. The number of ether oxygens (including phenoxy) is 2. The van der Waals surface area contributed by atoms with Crippen LogP contribution in [0, 0.1) is 0 Å². The highest BCUT2D eigenvalue weighted by molar-refractivity contribution is 5.97. The van der Waals surface area contributed by atoms with Crippen LogP contribution in [0.3, 0.4) is 0 Å². The van der Waals surface area contributed by atoms with E-state index in [-0.39, 0.29) is 36.9 Å². The summed E-state index contributed by atoms with van der Waals surface area (Å²) in [6.45, 7) is -0.172. The quantitative estimate of drug-likeness (QED) is 0.684. The van der Waals surface area contributed by atoms with Crippen LogP contribution in [0.25, 0.3) is 0 Å². The van der Waals surface area contributed by atoms with Gasteiger partial charge in [-0.3, -0.25) is 14.4 Å². The zero-order valence-corrected chi connectivity index (χ0v) is 15.6. The highest BCUT2D eigenvalue weighted by Crippen LogP contribution is 2.20. The lowest BCUT2D eigenvalue weighted by Gasteiger charge is -2.09. The molecule has 0 aliphatic heterocycles. The first-order valence-corrected chi connectivity index (χ1v) is 9.03. The van der Waals surface area contributed by atoms with Crippen molar-refractivity contribution in [1.82, 2.24) is 5.32 Å². The number of benzene rings is 2. The summed E-state index contributed by atoms with van der Waals surface area (Å²) in [6.07, 6.45) is 2.22. The van der Waals surface area contributed by atoms with Crippen molar-refractivity contribution in [3.63, 3.8) is 0 Å². The Kier molecular flexibility index (Phi) is 6.26. The van der Waals surface area contributed by atoms with Crippen LogP contribution in [0.5, 0.6) is 5.75 Å². The zero-order valence-electron chi connectivity index (χ0n) is 15.6. The highest BCUT2D eigenvalue weighted by Gasteiger charge is 2.23. The number of rotatable bonds is 8. The normalized spacial score (nSPS) is 12.8. The number of hydrogen-bond donors (Lipinski definition) is 2. The summed E-state index contributed by atoms with van der Waals surface area (Å²) in [5, 5.41) is 5.63. The van der Waals surface area contributed by atoms with Gasteiger partial charge in [0.1, 0.15) is 5.75 Å². The summed E-state index contributed by atoms with van der Waals surface area (Å²) >= 11 is 0. The van der Waals surface area contributed by atoms with E-state index in [1.165, 1.54) is 7.11 Å². The van der Waals surface area contributed by atoms with Gasteiger partial charge in [-0.2, -0.15) is 0 Å². The van der Waals surface area contributed by atoms with E-state index in [0.717, 1.165) is 18.4 Å². The number of esters is 1. The van der Waals surface area contributed by atoms with Gasteiger partial charge in [0.15, 0.2) is 6.61 Å². The lowest BCUT2D eigenvalue weighted by molar-refractivity contribution is -0.139. The molecule has 2 N–H and O–H groups in total. The van der Waals surface area contributed by atoms with E-state index >= 15 is 0 Å². The Balaban J connectivity index is 1.48. The van der Waals surface area contributed by atoms with Crippen molar-refractivity contribution in [1.29, 1.82) is 0 Å². The van der Waals surface area contributed by atoms with Crippen LogP contribution in [0.4, 0.5) is 5.69 Å². The van der Waals surface area contributed by atoms with E-state index in [1.807, 2.05) is 0 Å². The van der Waals surface area contributed by atoms with E-state index in [4.69, 9.17) is 4.74 Å². The lowest BCUT2D eigenvalue weighted by Crippen LogP contribution is -2.25.